The van der Waals surface area contributed by atoms with Gasteiger partial charge in [0.25, 0.3) is 0 Å². The molecule has 6 heteroatoms. The summed E-state index contributed by atoms with van der Waals surface area (Å²) in [5.74, 6) is 0.270. The van der Waals surface area contributed by atoms with Crippen molar-refractivity contribution in [3.8, 4) is 0 Å². The van der Waals surface area contributed by atoms with E-state index in [0.717, 1.165) is 5.69 Å². The van der Waals surface area contributed by atoms with Gasteiger partial charge in [-0.1, -0.05) is 18.2 Å². The van der Waals surface area contributed by atoms with Crippen LogP contribution in [0.4, 0.5) is 5.69 Å². The smallest absolute Gasteiger partial charge is 0.303 e. The van der Waals surface area contributed by atoms with Crippen molar-refractivity contribution in [2.45, 2.75) is 26.3 Å². The van der Waals surface area contributed by atoms with E-state index in [2.05, 4.69) is 10.2 Å². The Morgan fingerprint density at radius 1 is 1.30 bits per heavy atom. The molecule has 0 aliphatic heterocycles. The predicted molar refractivity (Wildman–Crippen MR) is 73.4 cm³/mol. The Morgan fingerprint density at radius 2 is 2.05 bits per heavy atom. The van der Waals surface area contributed by atoms with E-state index in [9.17, 15) is 4.79 Å². The van der Waals surface area contributed by atoms with Gasteiger partial charge in [-0.2, -0.15) is 0 Å². The average molecular weight is 275 g/mol. The number of nitrogens with zero attached hydrogens (tertiary/aromatic N) is 3. The molecule has 0 atom stereocenters. The maximum atomic E-state index is 10.6. The van der Waals surface area contributed by atoms with Crippen LogP contribution in [0.2, 0.25) is 0 Å². The van der Waals surface area contributed by atoms with E-state index in [4.69, 9.17) is 9.52 Å². The predicted octanol–water partition coefficient (Wildman–Crippen LogP) is 2.25. The second-order valence-corrected chi connectivity index (χ2v) is 4.47. The number of carbonyl (C=O) groups is 1. The highest BCUT2D eigenvalue weighted by atomic mass is 16.4. The molecule has 1 aromatic heterocycles. The number of rotatable bonds is 7. The lowest BCUT2D eigenvalue weighted by Crippen LogP contribution is -2.24. The molecule has 0 aliphatic carbocycles. The van der Waals surface area contributed by atoms with Gasteiger partial charge in [0.2, 0.25) is 11.8 Å². The van der Waals surface area contributed by atoms with Gasteiger partial charge in [-0.3, -0.25) is 4.79 Å². The fraction of sp³-hybridized carbons (Fsp3) is 0.357. The van der Waals surface area contributed by atoms with Crippen LogP contribution in [0.25, 0.3) is 0 Å². The number of hydrogen-bond acceptors (Lipinski definition) is 5. The van der Waals surface area contributed by atoms with Crippen LogP contribution >= 0.6 is 0 Å². The fourth-order valence-electron chi connectivity index (χ4n) is 1.92. The first-order chi connectivity index (χ1) is 9.65. The van der Waals surface area contributed by atoms with Crippen molar-refractivity contribution in [1.82, 2.24) is 10.2 Å². The Kier molecular flexibility index (Phi) is 4.70. The van der Waals surface area contributed by atoms with Crippen molar-refractivity contribution in [3.05, 3.63) is 42.1 Å². The Labute approximate surface area is 117 Å². The highest BCUT2D eigenvalue weighted by molar-refractivity contribution is 5.66. The molecule has 106 valence electrons. The summed E-state index contributed by atoms with van der Waals surface area (Å²) in [6.45, 7) is 2.84. The highest BCUT2D eigenvalue weighted by Gasteiger charge is 2.12. The second kappa shape index (κ2) is 6.70. The van der Waals surface area contributed by atoms with Crippen LogP contribution in [0.5, 0.6) is 0 Å². The molecule has 2 aromatic rings. The van der Waals surface area contributed by atoms with Gasteiger partial charge < -0.3 is 14.4 Å². The second-order valence-electron chi connectivity index (χ2n) is 4.47. The first-order valence-corrected chi connectivity index (χ1v) is 6.46. The van der Waals surface area contributed by atoms with Crippen LogP contribution in [0.3, 0.4) is 0 Å². The monoisotopic (exact) mass is 275 g/mol. The van der Waals surface area contributed by atoms with Crippen molar-refractivity contribution in [2.24, 2.45) is 0 Å². The number of hydrogen-bond donors (Lipinski definition) is 1. The van der Waals surface area contributed by atoms with Crippen molar-refractivity contribution in [3.63, 3.8) is 0 Å². The van der Waals surface area contributed by atoms with E-state index in [0.29, 0.717) is 31.3 Å². The van der Waals surface area contributed by atoms with Crippen molar-refractivity contribution in [2.75, 3.05) is 11.4 Å². The SMILES string of the molecule is Cc1nnc(CN(CCCC(=O)O)c2ccccc2)o1. The van der Waals surface area contributed by atoms with Crippen molar-refractivity contribution >= 4 is 11.7 Å². The van der Waals surface area contributed by atoms with Gasteiger partial charge in [-0.25, -0.2) is 0 Å². The third-order valence-corrected chi connectivity index (χ3v) is 2.83. The Morgan fingerprint density at radius 3 is 2.65 bits per heavy atom. The third-order valence-electron chi connectivity index (χ3n) is 2.83. The largest absolute Gasteiger partial charge is 0.481 e. The molecule has 0 saturated heterocycles. The van der Waals surface area contributed by atoms with E-state index >= 15 is 0 Å². The average Bonchev–Trinajstić information content (AvgIpc) is 2.84. The van der Waals surface area contributed by atoms with E-state index in [1.165, 1.54) is 0 Å². The lowest BCUT2D eigenvalue weighted by Gasteiger charge is -2.22. The number of benzene rings is 1. The van der Waals surface area contributed by atoms with Crippen LogP contribution in [0, 0.1) is 6.92 Å². The van der Waals surface area contributed by atoms with Crippen molar-refractivity contribution in [1.29, 1.82) is 0 Å². The highest BCUT2D eigenvalue weighted by Crippen LogP contribution is 2.17. The molecule has 0 saturated carbocycles. The molecule has 6 nitrogen and oxygen atoms in total. The van der Waals surface area contributed by atoms with Gasteiger partial charge in [-0.05, 0) is 18.6 Å². The van der Waals surface area contributed by atoms with Crippen molar-refractivity contribution < 1.29 is 14.3 Å². The standard InChI is InChI=1S/C14H17N3O3/c1-11-15-16-13(20-11)10-17(9-5-8-14(18)19)12-6-3-2-4-7-12/h2-4,6-7H,5,8-10H2,1H3,(H,18,19). The van der Waals surface area contributed by atoms with E-state index < -0.39 is 5.97 Å². The molecule has 0 unspecified atom stereocenters. The number of aromatic nitrogens is 2. The van der Waals surface area contributed by atoms with Crippen LogP contribution in [-0.4, -0.2) is 27.8 Å². The molecule has 2 rings (SSSR count). The summed E-state index contributed by atoms with van der Waals surface area (Å²) in [6, 6.07) is 9.78. The molecule has 0 aliphatic rings. The number of carboxylic acid groups (broad SMARTS) is 1. The summed E-state index contributed by atoms with van der Waals surface area (Å²) < 4.78 is 5.38. The zero-order valence-electron chi connectivity index (χ0n) is 11.3. The van der Waals surface area contributed by atoms with E-state index in [1.54, 1.807) is 6.92 Å². The fourth-order valence-corrected chi connectivity index (χ4v) is 1.92. The minimum Gasteiger partial charge on any atom is -0.481 e. The normalized spacial score (nSPS) is 10.4. The summed E-state index contributed by atoms with van der Waals surface area (Å²) in [7, 11) is 0. The van der Waals surface area contributed by atoms with Crippen LogP contribution < -0.4 is 4.90 Å². The number of para-hydroxylation sites is 1. The molecule has 20 heavy (non-hydrogen) atoms. The summed E-state index contributed by atoms with van der Waals surface area (Å²) in [4.78, 5) is 12.7. The van der Waals surface area contributed by atoms with Gasteiger partial charge in [0.05, 0.1) is 6.54 Å². The quantitative estimate of drug-likeness (QED) is 0.834. The molecule has 0 bridgehead atoms. The zero-order valence-corrected chi connectivity index (χ0v) is 11.3. The molecule has 1 aromatic carbocycles. The lowest BCUT2D eigenvalue weighted by atomic mass is 10.2. The number of aliphatic carboxylic acids is 1. The first-order valence-electron chi connectivity index (χ1n) is 6.46. The lowest BCUT2D eigenvalue weighted by molar-refractivity contribution is -0.137. The summed E-state index contributed by atoms with van der Waals surface area (Å²) in [6.07, 6.45) is 0.712. The maximum Gasteiger partial charge on any atom is 0.303 e. The number of carboxylic acids is 1. The maximum absolute atomic E-state index is 10.6. The Balaban J connectivity index is 2.05. The summed E-state index contributed by atoms with van der Waals surface area (Å²) in [5, 5.41) is 16.5. The molecule has 0 amide bonds. The number of anilines is 1. The molecule has 0 fully saturated rings. The molecular weight excluding hydrogens is 258 g/mol. The van der Waals surface area contributed by atoms with Gasteiger partial charge in [-0.15, -0.1) is 10.2 Å². The van der Waals surface area contributed by atoms with Gasteiger partial charge in [0.15, 0.2) is 0 Å². The molecule has 0 spiro atoms. The van der Waals surface area contributed by atoms with Gasteiger partial charge in [0, 0.05) is 25.6 Å². The molecule has 1 N–H and O–H groups in total. The first kappa shape index (κ1) is 14.0. The molecule has 0 radical (unpaired) electrons. The summed E-state index contributed by atoms with van der Waals surface area (Å²) in [5.41, 5.74) is 1.01. The van der Waals surface area contributed by atoms with Crippen LogP contribution in [-0.2, 0) is 11.3 Å². The minimum atomic E-state index is -0.786. The minimum absolute atomic E-state index is 0.145. The molecule has 1 heterocycles. The Hall–Kier alpha value is -2.37. The summed E-state index contributed by atoms with van der Waals surface area (Å²) >= 11 is 0. The van der Waals surface area contributed by atoms with Crippen LogP contribution in [0.15, 0.2) is 34.7 Å². The Bertz CT molecular complexity index is 554. The topological polar surface area (TPSA) is 79.5 Å². The van der Waals surface area contributed by atoms with Crippen LogP contribution in [0.1, 0.15) is 24.6 Å². The van der Waals surface area contributed by atoms with E-state index in [1.807, 2.05) is 35.2 Å². The van der Waals surface area contributed by atoms with Gasteiger partial charge >= 0.3 is 5.97 Å². The number of aryl methyl sites for hydroxylation is 1. The molecular formula is C14H17N3O3. The zero-order chi connectivity index (χ0) is 14.4. The van der Waals surface area contributed by atoms with Gasteiger partial charge in [0.1, 0.15) is 0 Å². The van der Waals surface area contributed by atoms with E-state index in [-0.39, 0.29) is 6.42 Å². The third kappa shape index (κ3) is 4.08.